The Kier molecular flexibility index (Phi) is 3.29. The van der Waals surface area contributed by atoms with Gasteiger partial charge in [-0.25, -0.2) is 0 Å². The molecule has 3 atom stereocenters. The largest absolute Gasteiger partial charge is 0.338 e. The highest BCUT2D eigenvalue weighted by Crippen LogP contribution is 2.24. The summed E-state index contributed by atoms with van der Waals surface area (Å²) in [6, 6.07) is 0.534. The van der Waals surface area contributed by atoms with Crippen molar-refractivity contribution in [3.8, 4) is 0 Å². The lowest BCUT2D eigenvalue weighted by molar-refractivity contribution is -0.137. The maximum absolute atomic E-state index is 12.2. The molecule has 0 bridgehead atoms. The molecule has 1 N–H and O–H groups in total. The Morgan fingerprint density at radius 3 is 2.73 bits per heavy atom. The number of piperidine rings is 1. The summed E-state index contributed by atoms with van der Waals surface area (Å²) >= 11 is 0. The molecule has 0 aliphatic carbocycles. The Bertz CT molecular complexity index is 236. The van der Waals surface area contributed by atoms with Gasteiger partial charge in [0, 0.05) is 12.6 Å². The highest BCUT2D eigenvalue weighted by molar-refractivity contribution is 5.82. The van der Waals surface area contributed by atoms with Crippen LogP contribution in [0.5, 0.6) is 0 Å². The van der Waals surface area contributed by atoms with E-state index in [1.807, 2.05) is 0 Å². The molecule has 2 saturated heterocycles. The fourth-order valence-electron chi connectivity index (χ4n) is 2.74. The normalized spacial score (nSPS) is 36.9. The van der Waals surface area contributed by atoms with Crippen molar-refractivity contribution in [3.63, 3.8) is 0 Å². The summed E-state index contributed by atoms with van der Waals surface area (Å²) < 4.78 is 0. The van der Waals surface area contributed by atoms with E-state index in [9.17, 15) is 4.79 Å². The first-order valence-electron chi connectivity index (χ1n) is 6.24. The summed E-state index contributed by atoms with van der Waals surface area (Å²) in [5.74, 6) is 0.996. The second-order valence-electron chi connectivity index (χ2n) is 5.04. The van der Waals surface area contributed by atoms with Gasteiger partial charge in [-0.15, -0.1) is 0 Å². The summed E-state index contributed by atoms with van der Waals surface area (Å²) in [6.45, 7) is 6.42. The van der Waals surface area contributed by atoms with E-state index >= 15 is 0 Å². The van der Waals surface area contributed by atoms with E-state index in [1.165, 1.54) is 12.8 Å². The van der Waals surface area contributed by atoms with Crippen LogP contribution in [0.4, 0.5) is 0 Å². The monoisotopic (exact) mass is 210 g/mol. The molecule has 2 heterocycles. The van der Waals surface area contributed by atoms with Gasteiger partial charge < -0.3 is 10.2 Å². The van der Waals surface area contributed by atoms with Crippen LogP contribution >= 0.6 is 0 Å². The Morgan fingerprint density at radius 1 is 1.27 bits per heavy atom. The van der Waals surface area contributed by atoms with E-state index in [0.29, 0.717) is 17.9 Å². The first kappa shape index (κ1) is 10.9. The zero-order valence-corrected chi connectivity index (χ0v) is 9.83. The summed E-state index contributed by atoms with van der Waals surface area (Å²) in [6.07, 6.45) is 4.61. The average molecular weight is 210 g/mol. The zero-order chi connectivity index (χ0) is 10.8. The van der Waals surface area contributed by atoms with E-state index < -0.39 is 0 Å². The number of carbonyl (C=O) groups is 1. The van der Waals surface area contributed by atoms with Crippen LogP contribution in [0.3, 0.4) is 0 Å². The van der Waals surface area contributed by atoms with Crippen molar-refractivity contribution < 1.29 is 4.79 Å². The van der Waals surface area contributed by atoms with Crippen molar-refractivity contribution in [1.82, 2.24) is 10.2 Å². The Balaban J connectivity index is 1.98. The van der Waals surface area contributed by atoms with Gasteiger partial charge >= 0.3 is 0 Å². The fourth-order valence-corrected chi connectivity index (χ4v) is 2.74. The van der Waals surface area contributed by atoms with Crippen LogP contribution in [-0.2, 0) is 4.79 Å². The molecule has 3 nitrogen and oxygen atoms in total. The highest BCUT2D eigenvalue weighted by Gasteiger charge is 2.33. The minimum atomic E-state index is 0.109. The van der Waals surface area contributed by atoms with Crippen LogP contribution in [-0.4, -0.2) is 36.0 Å². The Labute approximate surface area is 92.2 Å². The minimum Gasteiger partial charge on any atom is -0.338 e. The Hall–Kier alpha value is -0.570. The maximum atomic E-state index is 12.2. The molecule has 0 aromatic heterocycles. The molecule has 2 unspecified atom stereocenters. The van der Waals surface area contributed by atoms with Crippen LogP contribution in [0, 0.1) is 5.92 Å². The zero-order valence-electron chi connectivity index (χ0n) is 9.83. The van der Waals surface area contributed by atoms with Gasteiger partial charge in [0.2, 0.25) is 5.91 Å². The number of hydrogen-bond acceptors (Lipinski definition) is 2. The molecule has 0 aromatic rings. The molecule has 0 spiro atoms. The van der Waals surface area contributed by atoms with E-state index in [-0.39, 0.29) is 6.04 Å². The predicted octanol–water partition coefficient (Wildman–Crippen LogP) is 1.39. The van der Waals surface area contributed by atoms with Crippen LogP contribution in [0.1, 0.15) is 39.5 Å². The van der Waals surface area contributed by atoms with Gasteiger partial charge in [0.15, 0.2) is 0 Å². The van der Waals surface area contributed by atoms with E-state index in [4.69, 9.17) is 0 Å². The lowest BCUT2D eigenvalue weighted by Gasteiger charge is -2.39. The quantitative estimate of drug-likeness (QED) is 0.709. The summed E-state index contributed by atoms with van der Waals surface area (Å²) in [7, 11) is 0. The van der Waals surface area contributed by atoms with E-state index in [1.54, 1.807) is 0 Å². The SMILES string of the molecule is CC1CCCN(C(=O)[C@@H]2CCCN2)C1C. The van der Waals surface area contributed by atoms with E-state index in [2.05, 4.69) is 24.1 Å². The first-order chi connectivity index (χ1) is 7.20. The molecule has 0 radical (unpaired) electrons. The van der Waals surface area contributed by atoms with E-state index in [0.717, 1.165) is 25.9 Å². The molecular formula is C12H22N2O. The van der Waals surface area contributed by atoms with Crippen LogP contribution in [0.2, 0.25) is 0 Å². The standard InChI is InChI=1S/C12H22N2O/c1-9-5-4-8-14(10(9)2)12(15)11-6-3-7-13-11/h9-11,13H,3-8H2,1-2H3/t9?,10?,11-/m0/s1. The number of amides is 1. The number of likely N-dealkylation sites (tertiary alicyclic amines) is 1. The molecule has 1 amide bonds. The van der Waals surface area contributed by atoms with Crippen molar-refractivity contribution in [2.75, 3.05) is 13.1 Å². The number of nitrogens with one attached hydrogen (secondary N) is 1. The topological polar surface area (TPSA) is 32.3 Å². The summed E-state index contributed by atoms with van der Waals surface area (Å²) in [4.78, 5) is 14.3. The third-order valence-electron chi connectivity index (χ3n) is 4.02. The molecule has 15 heavy (non-hydrogen) atoms. The van der Waals surface area contributed by atoms with Crippen molar-refractivity contribution in [2.45, 2.75) is 51.6 Å². The van der Waals surface area contributed by atoms with Gasteiger partial charge in [-0.2, -0.15) is 0 Å². The number of hydrogen-bond donors (Lipinski definition) is 1. The second-order valence-corrected chi connectivity index (χ2v) is 5.04. The second kappa shape index (κ2) is 4.52. The van der Waals surface area contributed by atoms with Crippen molar-refractivity contribution in [3.05, 3.63) is 0 Å². The van der Waals surface area contributed by atoms with Gasteiger partial charge in [-0.3, -0.25) is 4.79 Å². The lowest BCUT2D eigenvalue weighted by Crippen LogP contribution is -2.51. The molecule has 2 aliphatic heterocycles. The van der Waals surface area contributed by atoms with Crippen LogP contribution < -0.4 is 5.32 Å². The third kappa shape index (κ3) is 2.17. The number of nitrogens with zero attached hydrogens (tertiary/aromatic N) is 1. The number of carbonyl (C=O) groups excluding carboxylic acids is 1. The molecule has 86 valence electrons. The molecule has 0 saturated carbocycles. The van der Waals surface area contributed by atoms with Gasteiger partial charge in [0.25, 0.3) is 0 Å². The average Bonchev–Trinajstić information content (AvgIpc) is 2.74. The molecule has 0 aromatic carbocycles. The maximum Gasteiger partial charge on any atom is 0.239 e. The van der Waals surface area contributed by atoms with Crippen molar-refractivity contribution >= 4 is 5.91 Å². The summed E-state index contributed by atoms with van der Waals surface area (Å²) in [5.41, 5.74) is 0. The highest BCUT2D eigenvalue weighted by atomic mass is 16.2. The first-order valence-corrected chi connectivity index (χ1v) is 6.24. The fraction of sp³-hybridized carbons (Fsp3) is 0.917. The molecule has 2 rings (SSSR count). The van der Waals surface area contributed by atoms with Crippen molar-refractivity contribution in [2.24, 2.45) is 5.92 Å². The van der Waals surface area contributed by atoms with Crippen LogP contribution in [0.25, 0.3) is 0 Å². The third-order valence-corrected chi connectivity index (χ3v) is 4.02. The van der Waals surface area contributed by atoms with Gasteiger partial charge in [0.05, 0.1) is 6.04 Å². The number of rotatable bonds is 1. The molecular weight excluding hydrogens is 188 g/mol. The lowest BCUT2D eigenvalue weighted by atomic mass is 9.91. The predicted molar refractivity (Wildman–Crippen MR) is 60.6 cm³/mol. The van der Waals surface area contributed by atoms with Crippen molar-refractivity contribution in [1.29, 1.82) is 0 Å². The molecule has 2 fully saturated rings. The molecule has 3 heteroatoms. The smallest absolute Gasteiger partial charge is 0.239 e. The van der Waals surface area contributed by atoms with Gasteiger partial charge in [-0.05, 0) is 45.1 Å². The van der Waals surface area contributed by atoms with Crippen LogP contribution in [0.15, 0.2) is 0 Å². The molecule has 2 aliphatic rings. The van der Waals surface area contributed by atoms with Gasteiger partial charge in [-0.1, -0.05) is 6.92 Å². The minimum absolute atomic E-state index is 0.109. The van der Waals surface area contributed by atoms with Gasteiger partial charge in [0.1, 0.15) is 0 Å². The Morgan fingerprint density at radius 2 is 2.07 bits per heavy atom. The summed E-state index contributed by atoms with van der Waals surface area (Å²) in [5, 5.41) is 3.30.